The van der Waals surface area contributed by atoms with Crippen molar-refractivity contribution in [3.63, 3.8) is 0 Å². The van der Waals surface area contributed by atoms with Crippen molar-refractivity contribution in [2.45, 2.75) is 0 Å². The minimum absolute atomic E-state index is 0.0887. The van der Waals surface area contributed by atoms with Gasteiger partial charge in [0.15, 0.2) is 0 Å². The zero-order valence-electron chi connectivity index (χ0n) is 13.6. The molecule has 1 aromatic rings. The number of carbonyl (C=O) groups excluding carboxylic acids is 2. The van der Waals surface area contributed by atoms with E-state index in [0.717, 1.165) is 0 Å². The Morgan fingerprint density at radius 3 is 1.58 bits per heavy atom. The topological polar surface area (TPSA) is 71.1 Å². The van der Waals surface area contributed by atoms with Crippen LogP contribution in [0, 0.1) is 0 Å². The van der Waals surface area contributed by atoms with E-state index in [-0.39, 0.29) is 37.6 Å². The molecule has 0 aliphatic heterocycles. The maximum Gasteiger partial charge on any atom is 0.339 e. The lowest BCUT2D eigenvalue weighted by atomic mass is 10.1. The molecule has 0 saturated carbocycles. The second-order valence-corrected chi connectivity index (χ2v) is 4.54. The van der Waals surface area contributed by atoms with Crippen molar-refractivity contribution in [2.75, 3.05) is 39.6 Å². The predicted octanol–water partition coefficient (Wildman–Crippen LogP) is 2.41. The maximum atomic E-state index is 12.1. The molecule has 0 N–H and O–H groups in total. The van der Waals surface area contributed by atoms with Crippen molar-refractivity contribution >= 4 is 11.9 Å². The SMILES string of the molecule is C=CCOCCOC(=O)c1ccccc1C(=O)OCCOCC=C. The van der Waals surface area contributed by atoms with Crippen LogP contribution in [-0.4, -0.2) is 51.6 Å². The van der Waals surface area contributed by atoms with E-state index in [0.29, 0.717) is 13.2 Å². The van der Waals surface area contributed by atoms with Crippen LogP contribution in [0.5, 0.6) is 0 Å². The molecular weight excluding hydrogens is 312 g/mol. The van der Waals surface area contributed by atoms with Crippen molar-refractivity contribution < 1.29 is 28.5 Å². The summed E-state index contributed by atoms with van der Waals surface area (Å²) in [6, 6.07) is 6.32. The normalized spacial score (nSPS) is 10.0. The van der Waals surface area contributed by atoms with Gasteiger partial charge in [-0.25, -0.2) is 9.59 Å². The Balaban J connectivity index is 2.53. The van der Waals surface area contributed by atoms with Crippen LogP contribution in [0.3, 0.4) is 0 Å². The maximum absolute atomic E-state index is 12.1. The Kier molecular flexibility index (Phi) is 9.84. The van der Waals surface area contributed by atoms with Crippen LogP contribution in [0.15, 0.2) is 49.6 Å². The standard InChI is InChI=1S/C18H22O6/c1-3-9-21-11-13-23-17(19)15-7-5-6-8-16(15)18(20)24-14-12-22-10-4-2/h3-8H,1-2,9-14H2. The highest BCUT2D eigenvalue weighted by Crippen LogP contribution is 2.12. The fourth-order valence-corrected chi connectivity index (χ4v) is 1.71. The summed E-state index contributed by atoms with van der Waals surface area (Å²) < 4.78 is 20.4. The third kappa shape index (κ3) is 7.21. The number of hydrogen-bond acceptors (Lipinski definition) is 6. The molecule has 1 rings (SSSR count). The Bertz CT molecular complexity index is 503. The summed E-state index contributed by atoms with van der Waals surface area (Å²) in [5.74, 6) is -1.21. The molecule has 130 valence electrons. The highest BCUT2D eigenvalue weighted by molar-refractivity contribution is 6.03. The van der Waals surface area contributed by atoms with Gasteiger partial charge in [0.05, 0.1) is 37.6 Å². The molecule has 0 aliphatic rings. The predicted molar refractivity (Wildman–Crippen MR) is 89.0 cm³/mol. The summed E-state index contributed by atoms with van der Waals surface area (Å²) in [5, 5.41) is 0. The van der Waals surface area contributed by atoms with Crippen molar-refractivity contribution in [3.8, 4) is 0 Å². The Labute approximate surface area is 141 Å². The third-order valence-corrected chi connectivity index (χ3v) is 2.76. The highest BCUT2D eigenvalue weighted by Gasteiger charge is 2.18. The first kappa shape index (κ1) is 19.6. The van der Waals surface area contributed by atoms with E-state index in [9.17, 15) is 9.59 Å². The summed E-state index contributed by atoms with van der Waals surface area (Å²) in [4.78, 5) is 24.2. The molecule has 0 saturated heterocycles. The van der Waals surface area contributed by atoms with Crippen LogP contribution in [0.4, 0.5) is 0 Å². The first-order valence-corrected chi connectivity index (χ1v) is 7.51. The molecule has 0 amide bonds. The van der Waals surface area contributed by atoms with Gasteiger partial charge >= 0.3 is 11.9 Å². The summed E-state index contributed by atoms with van der Waals surface area (Å²) in [6.45, 7) is 8.48. The lowest BCUT2D eigenvalue weighted by Gasteiger charge is -2.10. The van der Waals surface area contributed by atoms with Gasteiger partial charge < -0.3 is 18.9 Å². The molecule has 0 atom stereocenters. The summed E-state index contributed by atoms with van der Waals surface area (Å²) in [6.07, 6.45) is 3.21. The molecule has 0 unspecified atom stereocenters. The van der Waals surface area contributed by atoms with E-state index in [1.807, 2.05) is 0 Å². The summed E-state index contributed by atoms with van der Waals surface area (Å²) >= 11 is 0. The molecule has 24 heavy (non-hydrogen) atoms. The van der Waals surface area contributed by atoms with Gasteiger partial charge in [0.25, 0.3) is 0 Å². The number of rotatable bonds is 12. The lowest BCUT2D eigenvalue weighted by molar-refractivity contribution is 0.0313. The van der Waals surface area contributed by atoms with Crippen LogP contribution in [-0.2, 0) is 18.9 Å². The zero-order chi connectivity index (χ0) is 17.6. The number of benzene rings is 1. The molecule has 6 nitrogen and oxygen atoms in total. The van der Waals surface area contributed by atoms with Gasteiger partial charge in [-0.15, -0.1) is 13.2 Å². The van der Waals surface area contributed by atoms with E-state index >= 15 is 0 Å². The van der Waals surface area contributed by atoms with Crippen LogP contribution >= 0.6 is 0 Å². The third-order valence-electron chi connectivity index (χ3n) is 2.76. The lowest BCUT2D eigenvalue weighted by Crippen LogP contribution is -2.17. The first-order chi connectivity index (χ1) is 11.7. The van der Waals surface area contributed by atoms with E-state index in [1.165, 1.54) is 12.1 Å². The van der Waals surface area contributed by atoms with Crippen molar-refractivity contribution in [2.24, 2.45) is 0 Å². The van der Waals surface area contributed by atoms with E-state index in [2.05, 4.69) is 13.2 Å². The van der Waals surface area contributed by atoms with Gasteiger partial charge in [0.2, 0.25) is 0 Å². The van der Waals surface area contributed by atoms with Gasteiger partial charge in [-0.05, 0) is 12.1 Å². The van der Waals surface area contributed by atoms with Crippen LogP contribution in [0.2, 0.25) is 0 Å². The van der Waals surface area contributed by atoms with Gasteiger partial charge in [-0.3, -0.25) is 0 Å². The molecule has 0 fully saturated rings. The van der Waals surface area contributed by atoms with Gasteiger partial charge in [-0.1, -0.05) is 24.3 Å². The minimum Gasteiger partial charge on any atom is -0.460 e. The van der Waals surface area contributed by atoms with Gasteiger partial charge in [0.1, 0.15) is 13.2 Å². The molecule has 6 heteroatoms. The van der Waals surface area contributed by atoms with Crippen molar-refractivity contribution in [3.05, 3.63) is 60.7 Å². The highest BCUT2D eigenvalue weighted by atomic mass is 16.6. The molecule has 0 aromatic heterocycles. The molecule has 0 aliphatic carbocycles. The monoisotopic (exact) mass is 334 g/mol. The van der Waals surface area contributed by atoms with E-state index < -0.39 is 11.9 Å². The summed E-state index contributed by atoms with van der Waals surface area (Å²) in [5.41, 5.74) is 0.302. The van der Waals surface area contributed by atoms with Crippen LogP contribution in [0.1, 0.15) is 20.7 Å². The van der Waals surface area contributed by atoms with E-state index in [1.54, 1.807) is 24.3 Å². The second kappa shape index (κ2) is 12.0. The first-order valence-electron chi connectivity index (χ1n) is 7.51. The van der Waals surface area contributed by atoms with Crippen LogP contribution < -0.4 is 0 Å². The molecule has 0 radical (unpaired) electrons. The molecular formula is C18H22O6. The number of esters is 2. The largest absolute Gasteiger partial charge is 0.460 e. The van der Waals surface area contributed by atoms with Gasteiger partial charge in [0, 0.05) is 0 Å². The van der Waals surface area contributed by atoms with Crippen molar-refractivity contribution in [1.29, 1.82) is 0 Å². The zero-order valence-corrected chi connectivity index (χ0v) is 13.6. The Morgan fingerprint density at radius 1 is 0.792 bits per heavy atom. The molecule has 0 heterocycles. The minimum atomic E-state index is -0.604. The van der Waals surface area contributed by atoms with E-state index in [4.69, 9.17) is 18.9 Å². The number of hydrogen-bond donors (Lipinski definition) is 0. The van der Waals surface area contributed by atoms with Crippen molar-refractivity contribution in [1.82, 2.24) is 0 Å². The number of ether oxygens (including phenoxy) is 4. The fourth-order valence-electron chi connectivity index (χ4n) is 1.71. The quantitative estimate of drug-likeness (QED) is 0.332. The average molecular weight is 334 g/mol. The average Bonchev–Trinajstić information content (AvgIpc) is 2.61. The van der Waals surface area contributed by atoms with Crippen LogP contribution in [0.25, 0.3) is 0 Å². The molecule has 1 aromatic carbocycles. The fraction of sp³-hybridized carbons (Fsp3) is 0.333. The Hall–Kier alpha value is -2.44. The Morgan fingerprint density at radius 2 is 1.21 bits per heavy atom. The second-order valence-electron chi connectivity index (χ2n) is 4.54. The summed E-state index contributed by atoms with van der Waals surface area (Å²) in [7, 11) is 0. The smallest absolute Gasteiger partial charge is 0.339 e. The molecule has 0 spiro atoms. The van der Waals surface area contributed by atoms with Gasteiger partial charge in [-0.2, -0.15) is 0 Å². The number of carbonyl (C=O) groups is 2. The molecule has 0 bridgehead atoms.